The van der Waals surface area contributed by atoms with Crippen molar-refractivity contribution in [3.05, 3.63) is 119 Å². The number of nitrogens with zero attached hydrogens (tertiary/aromatic N) is 1. The molecule has 0 bridgehead atoms. The van der Waals surface area contributed by atoms with Gasteiger partial charge in [0.25, 0.3) is 0 Å². The number of benzene rings is 3. The van der Waals surface area contributed by atoms with E-state index in [0.717, 1.165) is 39.1 Å². The van der Waals surface area contributed by atoms with Gasteiger partial charge in [-0.2, -0.15) is 0 Å². The molecule has 1 fully saturated rings. The van der Waals surface area contributed by atoms with Gasteiger partial charge in [-0.1, -0.05) is 97.4 Å². The Bertz CT molecular complexity index is 1700. The van der Waals surface area contributed by atoms with Gasteiger partial charge in [0.15, 0.2) is 6.10 Å². The van der Waals surface area contributed by atoms with E-state index in [-0.39, 0.29) is 12.7 Å². The van der Waals surface area contributed by atoms with Crippen LogP contribution in [0, 0.1) is 12.8 Å². The Morgan fingerprint density at radius 1 is 0.960 bits per heavy atom. The maximum absolute atomic E-state index is 14.0. The lowest BCUT2D eigenvalue weighted by Crippen LogP contribution is -2.44. The van der Waals surface area contributed by atoms with Crippen molar-refractivity contribution in [2.24, 2.45) is 5.92 Å². The van der Waals surface area contributed by atoms with Gasteiger partial charge >= 0.3 is 12.1 Å². The highest BCUT2D eigenvalue weighted by Gasteiger charge is 2.43. The summed E-state index contributed by atoms with van der Waals surface area (Å²) >= 11 is 0. The van der Waals surface area contributed by atoms with E-state index in [9.17, 15) is 14.4 Å². The minimum atomic E-state index is -1.06. The molecule has 3 aromatic carbocycles. The van der Waals surface area contributed by atoms with Gasteiger partial charge < -0.3 is 23.4 Å². The lowest BCUT2D eigenvalue weighted by atomic mass is 9.97. The Morgan fingerprint density at radius 2 is 1.68 bits per heavy atom. The van der Waals surface area contributed by atoms with E-state index >= 15 is 0 Å². The summed E-state index contributed by atoms with van der Waals surface area (Å²) in [6, 6.07) is 29.1. The highest BCUT2D eigenvalue weighted by atomic mass is 16.6. The van der Waals surface area contributed by atoms with Crippen LogP contribution >= 0.6 is 0 Å². The fourth-order valence-electron chi connectivity index (χ4n) is 6.16. The van der Waals surface area contributed by atoms with Crippen molar-refractivity contribution < 1.29 is 37.7 Å². The number of furan rings is 1. The first-order valence-electron chi connectivity index (χ1n) is 17.4. The summed E-state index contributed by atoms with van der Waals surface area (Å²) in [5, 5.41) is 0. The number of aryl methyl sites for hydroxylation is 2. The van der Waals surface area contributed by atoms with E-state index < -0.39 is 36.0 Å². The summed E-state index contributed by atoms with van der Waals surface area (Å²) in [5.74, 6) is -0.967. The van der Waals surface area contributed by atoms with Gasteiger partial charge in [0.1, 0.15) is 18.1 Å². The standard InChI is InChI=1S/C41H47NO8/c1-5-35(47-25-32-17-10-7-11-18-32)27-46-21-13-20-37-36(33-19-12-14-28(2)22-33)24-38(50-37)39(49-30(4)43)29(3)40(44)42-34(26-48-41(42)45)23-31-15-8-6-9-16-31/h6-12,14-19,22,24,29,34-35,39H,5,13,20-21,23,25-27H2,1-4H3/t29-,34-,35+,39-/m0/s1. The third-order valence-electron chi connectivity index (χ3n) is 8.87. The zero-order valence-corrected chi connectivity index (χ0v) is 29.3. The summed E-state index contributed by atoms with van der Waals surface area (Å²) in [6.45, 7) is 8.65. The predicted octanol–water partition coefficient (Wildman–Crippen LogP) is 8.03. The van der Waals surface area contributed by atoms with E-state index in [1.807, 2.05) is 91.9 Å². The lowest BCUT2D eigenvalue weighted by molar-refractivity contribution is -0.154. The topological polar surface area (TPSA) is 105 Å². The van der Waals surface area contributed by atoms with Gasteiger partial charge in [0.2, 0.25) is 5.91 Å². The number of carbonyl (C=O) groups excluding carboxylic acids is 3. The number of amides is 2. The van der Waals surface area contributed by atoms with Crippen LogP contribution in [0.15, 0.2) is 95.4 Å². The molecule has 5 rings (SSSR count). The second kappa shape index (κ2) is 17.8. The van der Waals surface area contributed by atoms with Gasteiger partial charge in [-0.3, -0.25) is 9.59 Å². The lowest BCUT2D eigenvalue weighted by Gasteiger charge is -2.27. The van der Waals surface area contributed by atoms with Crippen molar-refractivity contribution in [3.63, 3.8) is 0 Å². The summed E-state index contributed by atoms with van der Waals surface area (Å²) in [6.07, 6.45) is 0.726. The van der Waals surface area contributed by atoms with Gasteiger partial charge in [0.05, 0.1) is 31.3 Å². The summed E-state index contributed by atoms with van der Waals surface area (Å²) < 4.78 is 29.6. The van der Waals surface area contributed by atoms with Crippen LogP contribution in [0.3, 0.4) is 0 Å². The van der Waals surface area contributed by atoms with Crippen LogP contribution in [0.25, 0.3) is 11.1 Å². The molecule has 0 unspecified atom stereocenters. The Balaban J connectivity index is 1.30. The fourth-order valence-corrected chi connectivity index (χ4v) is 6.16. The monoisotopic (exact) mass is 681 g/mol. The van der Waals surface area contributed by atoms with Crippen LogP contribution in [0.1, 0.15) is 67.9 Å². The first-order chi connectivity index (χ1) is 24.2. The van der Waals surface area contributed by atoms with Crippen LogP contribution in [0.2, 0.25) is 0 Å². The molecule has 0 aliphatic carbocycles. The van der Waals surface area contributed by atoms with Crippen LogP contribution in [0.5, 0.6) is 0 Å². The molecule has 2 heterocycles. The maximum Gasteiger partial charge on any atom is 0.416 e. The summed E-state index contributed by atoms with van der Waals surface area (Å²) in [5.41, 5.74) is 4.98. The number of cyclic esters (lactones) is 1. The van der Waals surface area contributed by atoms with Crippen LogP contribution in [-0.2, 0) is 48.0 Å². The molecule has 0 radical (unpaired) electrons. The number of hydrogen-bond donors (Lipinski definition) is 0. The van der Waals surface area contributed by atoms with Crippen molar-refractivity contribution in [2.45, 2.75) is 78.2 Å². The molecule has 0 N–H and O–H groups in total. The van der Waals surface area contributed by atoms with Crippen LogP contribution in [0.4, 0.5) is 4.79 Å². The molecule has 1 aliphatic rings. The fraction of sp³-hybridized carbons (Fsp3) is 0.390. The highest BCUT2D eigenvalue weighted by Crippen LogP contribution is 2.37. The Labute approximate surface area is 294 Å². The predicted molar refractivity (Wildman–Crippen MR) is 189 cm³/mol. The molecular formula is C41H47NO8. The number of esters is 1. The summed E-state index contributed by atoms with van der Waals surface area (Å²) in [4.78, 5) is 40.4. The molecule has 1 saturated heterocycles. The number of imide groups is 1. The Kier molecular flexibility index (Phi) is 13.0. The number of carbonyl (C=O) groups is 3. The number of hydrogen-bond acceptors (Lipinski definition) is 8. The van der Waals surface area contributed by atoms with Crippen molar-refractivity contribution in [2.75, 3.05) is 19.8 Å². The molecule has 2 amide bonds. The van der Waals surface area contributed by atoms with Gasteiger partial charge in [-0.15, -0.1) is 0 Å². The highest BCUT2D eigenvalue weighted by molar-refractivity contribution is 5.95. The Morgan fingerprint density at radius 3 is 2.36 bits per heavy atom. The molecule has 4 atom stereocenters. The number of rotatable bonds is 17. The normalized spacial score (nSPS) is 16.1. The molecule has 0 saturated carbocycles. The molecule has 0 spiro atoms. The third-order valence-corrected chi connectivity index (χ3v) is 8.87. The van der Waals surface area contributed by atoms with E-state index in [1.54, 1.807) is 6.92 Å². The first kappa shape index (κ1) is 36.5. The molecule has 264 valence electrons. The molecule has 4 aromatic rings. The van der Waals surface area contributed by atoms with Crippen molar-refractivity contribution in [1.29, 1.82) is 0 Å². The molecule has 9 heteroatoms. The minimum Gasteiger partial charge on any atom is -0.461 e. The smallest absolute Gasteiger partial charge is 0.416 e. The van der Waals surface area contributed by atoms with E-state index in [0.29, 0.717) is 50.6 Å². The van der Waals surface area contributed by atoms with E-state index in [2.05, 4.69) is 13.0 Å². The second-order valence-electron chi connectivity index (χ2n) is 12.8. The largest absolute Gasteiger partial charge is 0.461 e. The first-order valence-corrected chi connectivity index (χ1v) is 17.4. The van der Waals surface area contributed by atoms with Crippen LogP contribution < -0.4 is 0 Å². The van der Waals surface area contributed by atoms with Crippen LogP contribution in [-0.4, -0.2) is 54.8 Å². The van der Waals surface area contributed by atoms with Gasteiger partial charge in [-0.05, 0) is 55.9 Å². The van der Waals surface area contributed by atoms with E-state index in [1.165, 1.54) is 6.92 Å². The van der Waals surface area contributed by atoms with Gasteiger partial charge in [-0.25, -0.2) is 9.69 Å². The van der Waals surface area contributed by atoms with Gasteiger partial charge in [0, 0.05) is 25.5 Å². The summed E-state index contributed by atoms with van der Waals surface area (Å²) in [7, 11) is 0. The average Bonchev–Trinajstić information content (AvgIpc) is 3.71. The van der Waals surface area contributed by atoms with Crippen molar-refractivity contribution >= 4 is 18.0 Å². The number of ether oxygens (including phenoxy) is 4. The SMILES string of the molecule is CC[C@H](COCCCc1oc([C@@H](OC(C)=O)[C@H](C)C(=O)N2C(=O)OC[C@@H]2Cc2ccccc2)cc1-c1cccc(C)c1)OCc1ccccc1. The molecule has 50 heavy (non-hydrogen) atoms. The Hall–Kier alpha value is -4.73. The molecular weight excluding hydrogens is 634 g/mol. The molecule has 9 nitrogen and oxygen atoms in total. The average molecular weight is 682 g/mol. The second-order valence-corrected chi connectivity index (χ2v) is 12.8. The third kappa shape index (κ3) is 9.70. The zero-order chi connectivity index (χ0) is 35.5. The maximum atomic E-state index is 14.0. The molecule has 1 aliphatic heterocycles. The van der Waals surface area contributed by atoms with Crippen molar-refractivity contribution in [3.8, 4) is 11.1 Å². The quantitative estimate of drug-likeness (QED) is 0.0815. The molecule has 1 aromatic heterocycles. The minimum absolute atomic E-state index is 0.0167. The van der Waals surface area contributed by atoms with E-state index in [4.69, 9.17) is 23.4 Å². The zero-order valence-electron chi connectivity index (χ0n) is 29.3. The van der Waals surface area contributed by atoms with Crippen molar-refractivity contribution in [1.82, 2.24) is 4.90 Å².